The van der Waals surface area contributed by atoms with E-state index in [0.29, 0.717) is 16.5 Å². The van der Waals surface area contributed by atoms with Crippen molar-refractivity contribution in [1.82, 2.24) is 0 Å². The quantitative estimate of drug-likeness (QED) is 0.483. The maximum absolute atomic E-state index is 11.3. The Balaban J connectivity index is 2.62. The molecule has 7 heteroatoms. The molecule has 0 saturated heterocycles. The van der Waals surface area contributed by atoms with Crippen LogP contribution in [0.4, 0.5) is 11.4 Å². The first kappa shape index (κ1) is 14.4. The van der Waals surface area contributed by atoms with E-state index < -0.39 is 4.92 Å². The molecule has 0 aliphatic carbocycles. The van der Waals surface area contributed by atoms with Crippen LogP contribution in [0, 0.1) is 10.1 Å². The van der Waals surface area contributed by atoms with Crippen molar-refractivity contribution in [3.63, 3.8) is 0 Å². The maximum Gasteiger partial charge on any atom is 0.326 e. The van der Waals surface area contributed by atoms with Crippen LogP contribution in [0.2, 0.25) is 0 Å². The average molecular weight is 294 g/mol. The lowest BCUT2D eigenvalue weighted by molar-refractivity contribution is -0.388. The predicted molar refractivity (Wildman–Crippen MR) is 77.3 cm³/mol. The number of hydrogen-bond acceptors (Lipinski definition) is 6. The van der Waals surface area contributed by atoms with Crippen LogP contribution in [0.1, 0.15) is 13.8 Å². The molecule has 2 rings (SSSR count). The summed E-state index contributed by atoms with van der Waals surface area (Å²) in [5.41, 5.74) is 0.679. The number of nitro benzene ring substituents is 1. The third kappa shape index (κ3) is 2.36. The van der Waals surface area contributed by atoms with Crippen molar-refractivity contribution in [2.75, 3.05) is 18.6 Å². The smallest absolute Gasteiger partial charge is 0.326 e. The van der Waals surface area contributed by atoms with Crippen LogP contribution in [0.15, 0.2) is 28.1 Å². The fourth-order valence-corrected chi connectivity index (χ4v) is 3.41. The zero-order valence-corrected chi connectivity index (χ0v) is 12.2. The molecule has 0 aromatic heterocycles. The number of fused-ring (bicyclic) bond motifs is 1. The number of hydrogen-bond donors (Lipinski definition) is 0. The highest BCUT2D eigenvalue weighted by Gasteiger charge is 2.34. The number of anilines is 1. The number of rotatable bonds is 4. The normalized spacial score (nSPS) is 15.3. The maximum atomic E-state index is 11.3. The van der Waals surface area contributed by atoms with Crippen molar-refractivity contribution in [3.05, 3.63) is 33.4 Å². The molecule has 106 valence electrons. The van der Waals surface area contributed by atoms with Crippen LogP contribution >= 0.6 is 11.8 Å². The number of methoxy groups -OCH3 is 1. The van der Waals surface area contributed by atoms with Gasteiger partial charge in [0.25, 0.3) is 0 Å². The lowest BCUT2D eigenvalue weighted by Gasteiger charge is -2.17. The number of nitro groups is 1. The van der Waals surface area contributed by atoms with Crippen LogP contribution in [0.5, 0.6) is 5.75 Å². The second-order valence-corrected chi connectivity index (χ2v) is 5.19. The Morgan fingerprint density at radius 1 is 1.55 bits per heavy atom. The number of ether oxygens (including phenoxy) is 1. The summed E-state index contributed by atoms with van der Waals surface area (Å²) in [7, 11) is 1.40. The van der Waals surface area contributed by atoms with Crippen molar-refractivity contribution in [2.45, 2.75) is 18.7 Å². The molecule has 20 heavy (non-hydrogen) atoms. The Bertz CT molecular complexity index is 613. The molecule has 0 bridgehead atoms. The lowest BCUT2D eigenvalue weighted by atomic mass is 10.2. The van der Waals surface area contributed by atoms with Gasteiger partial charge in [0.1, 0.15) is 4.90 Å². The van der Waals surface area contributed by atoms with E-state index in [0.717, 1.165) is 5.69 Å². The van der Waals surface area contributed by atoms with Gasteiger partial charge < -0.3 is 9.64 Å². The fraction of sp³-hybridized carbons (Fsp3) is 0.308. The molecule has 6 nitrogen and oxygen atoms in total. The third-order valence-corrected chi connectivity index (χ3v) is 4.04. The van der Waals surface area contributed by atoms with E-state index in [9.17, 15) is 14.9 Å². The van der Waals surface area contributed by atoms with Gasteiger partial charge in [-0.25, -0.2) is 0 Å². The summed E-state index contributed by atoms with van der Waals surface area (Å²) in [6, 6.07) is 3.36. The van der Waals surface area contributed by atoms with Gasteiger partial charge in [0.2, 0.25) is 0 Å². The largest absolute Gasteiger partial charge is 0.490 e. The van der Waals surface area contributed by atoms with Gasteiger partial charge >= 0.3 is 5.69 Å². The van der Waals surface area contributed by atoms with Gasteiger partial charge in [-0.15, -0.1) is 0 Å². The van der Waals surface area contributed by atoms with Gasteiger partial charge in [-0.1, -0.05) is 11.8 Å². The molecule has 0 N–H and O–H groups in total. The fourth-order valence-electron chi connectivity index (χ4n) is 2.08. The Hall–Kier alpha value is -2.02. The second-order valence-electron chi connectivity index (χ2n) is 4.16. The van der Waals surface area contributed by atoms with Gasteiger partial charge in [-0.3, -0.25) is 14.9 Å². The predicted octanol–water partition coefficient (Wildman–Crippen LogP) is 2.97. The zero-order chi connectivity index (χ0) is 14.9. The number of allylic oxidation sites excluding steroid dienone is 1. The monoisotopic (exact) mass is 294 g/mol. The van der Waals surface area contributed by atoms with Gasteiger partial charge in [-0.2, -0.15) is 0 Å². The van der Waals surface area contributed by atoms with Gasteiger partial charge in [0, 0.05) is 12.6 Å². The van der Waals surface area contributed by atoms with Crippen molar-refractivity contribution in [2.24, 2.45) is 0 Å². The van der Waals surface area contributed by atoms with Crippen molar-refractivity contribution < 1.29 is 14.5 Å². The highest BCUT2D eigenvalue weighted by Crippen LogP contribution is 2.53. The van der Waals surface area contributed by atoms with Crippen LogP contribution in [0.25, 0.3) is 0 Å². The Labute approximate surface area is 120 Å². The van der Waals surface area contributed by atoms with Crippen molar-refractivity contribution in [1.29, 1.82) is 0 Å². The first-order valence-electron chi connectivity index (χ1n) is 6.02. The standard InChI is InChI=1S/C13H14N2O4S/c1-4-14-9-5-6-10(19-3)12(15(17)18)13(9)20-11(14)7-8(2)16/h5-7H,4H2,1-3H3. The molecular weight excluding hydrogens is 280 g/mol. The molecule has 0 amide bonds. The lowest BCUT2D eigenvalue weighted by Crippen LogP contribution is -2.17. The Morgan fingerprint density at radius 2 is 2.25 bits per heavy atom. The molecule has 0 fully saturated rings. The molecule has 0 spiro atoms. The molecule has 1 aliphatic heterocycles. The van der Waals surface area contributed by atoms with E-state index in [4.69, 9.17) is 4.74 Å². The molecule has 1 aromatic rings. The highest BCUT2D eigenvalue weighted by atomic mass is 32.2. The van der Waals surface area contributed by atoms with Crippen LogP contribution in [0.3, 0.4) is 0 Å². The van der Waals surface area contributed by atoms with Gasteiger partial charge in [0.15, 0.2) is 11.5 Å². The molecule has 0 atom stereocenters. The topological polar surface area (TPSA) is 72.7 Å². The highest BCUT2D eigenvalue weighted by molar-refractivity contribution is 8.03. The van der Waals surface area contributed by atoms with E-state index in [-0.39, 0.29) is 17.2 Å². The number of ketones is 1. The molecule has 1 aliphatic rings. The Kier molecular flexibility index (Phi) is 3.99. The van der Waals surface area contributed by atoms with E-state index in [2.05, 4.69) is 0 Å². The van der Waals surface area contributed by atoms with E-state index in [1.807, 2.05) is 11.8 Å². The minimum absolute atomic E-state index is 0.0552. The van der Waals surface area contributed by atoms with E-state index in [1.165, 1.54) is 31.9 Å². The summed E-state index contributed by atoms with van der Waals surface area (Å²) in [4.78, 5) is 24.5. The number of carbonyl (C=O) groups is 1. The number of nitrogens with zero attached hydrogens (tertiary/aromatic N) is 2. The number of thioether (sulfide) groups is 1. The summed E-state index contributed by atoms with van der Waals surface area (Å²) >= 11 is 1.23. The number of carbonyl (C=O) groups excluding carboxylic acids is 1. The van der Waals surface area contributed by atoms with Gasteiger partial charge in [0.05, 0.1) is 22.7 Å². The summed E-state index contributed by atoms with van der Waals surface area (Å²) in [5, 5.41) is 12.0. The van der Waals surface area contributed by atoms with Crippen LogP contribution in [-0.4, -0.2) is 24.4 Å². The summed E-state index contributed by atoms with van der Waals surface area (Å²) in [5.74, 6) is 0.134. The summed E-state index contributed by atoms with van der Waals surface area (Å²) in [6.45, 7) is 4.02. The first-order chi connectivity index (χ1) is 9.49. The minimum Gasteiger partial charge on any atom is -0.490 e. The molecule has 0 radical (unpaired) electrons. The molecule has 1 aromatic carbocycles. The summed E-state index contributed by atoms with van der Waals surface area (Å²) < 4.78 is 5.06. The molecular formula is C13H14N2O4S. The van der Waals surface area contributed by atoms with Crippen molar-refractivity contribution in [3.8, 4) is 5.75 Å². The Morgan fingerprint density at radius 3 is 2.75 bits per heavy atom. The first-order valence-corrected chi connectivity index (χ1v) is 6.84. The number of benzene rings is 1. The zero-order valence-electron chi connectivity index (χ0n) is 11.4. The van der Waals surface area contributed by atoms with Crippen LogP contribution in [-0.2, 0) is 4.79 Å². The van der Waals surface area contributed by atoms with Gasteiger partial charge in [-0.05, 0) is 26.0 Å². The molecule has 0 unspecified atom stereocenters. The molecule has 1 heterocycles. The molecule has 0 saturated carbocycles. The summed E-state index contributed by atoms with van der Waals surface area (Å²) in [6.07, 6.45) is 1.49. The van der Waals surface area contributed by atoms with Crippen molar-refractivity contribution >= 4 is 28.9 Å². The SMILES string of the molecule is CCN1C(=CC(C)=O)Sc2c1ccc(OC)c2[N+](=O)[O-]. The van der Waals surface area contributed by atoms with Crippen LogP contribution < -0.4 is 9.64 Å². The van der Waals surface area contributed by atoms with E-state index >= 15 is 0 Å². The van der Waals surface area contributed by atoms with E-state index in [1.54, 1.807) is 12.1 Å². The third-order valence-electron chi connectivity index (χ3n) is 2.88. The minimum atomic E-state index is -0.449. The second kappa shape index (κ2) is 5.54. The average Bonchev–Trinajstić information content (AvgIpc) is 2.72.